The molecular weight excluding hydrogens is 176 g/mol. The summed E-state index contributed by atoms with van der Waals surface area (Å²) in [6.45, 7) is 8.64. The van der Waals surface area contributed by atoms with Gasteiger partial charge in [0.05, 0.1) is 11.7 Å². The molecule has 1 aliphatic carbocycles. The second-order valence-electron chi connectivity index (χ2n) is 5.39. The molecule has 2 unspecified atom stereocenters. The van der Waals surface area contributed by atoms with E-state index in [0.717, 1.165) is 18.8 Å². The third-order valence-electron chi connectivity index (χ3n) is 3.93. The van der Waals surface area contributed by atoms with Gasteiger partial charge in [0.1, 0.15) is 0 Å². The van der Waals surface area contributed by atoms with Crippen LogP contribution in [0.25, 0.3) is 0 Å². The van der Waals surface area contributed by atoms with Crippen molar-refractivity contribution in [2.24, 2.45) is 5.92 Å². The Morgan fingerprint density at radius 1 is 1.36 bits per heavy atom. The van der Waals surface area contributed by atoms with Crippen LogP contribution in [-0.4, -0.2) is 17.5 Å². The fourth-order valence-corrected chi connectivity index (χ4v) is 2.67. The van der Waals surface area contributed by atoms with Crippen LogP contribution in [0.1, 0.15) is 53.4 Å². The lowest BCUT2D eigenvalue weighted by Crippen LogP contribution is -2.32. The van der Waals surface area contributed by atoms with Gasteiger partial charge in [0.2, 0.25) is 0 Å². The van der Waals surface area contributed by atoms with Gasteiger partial charge in [0.15, 0.2) is 5.79 Å². The fraction of sp³-hybridized carbons (Fsp3) is 1.00. The molecule has 0 N–H and O–H groups in total. The highest BCUT2D eigenvalue weighted by Gasteiger charge is 2.53. The second-order valence-corrected chi connectivity index (χ2v) is 5.39. The van der Waals surface area contributed by atoms with E-state index in [0.29, 0.717) is 0 Å². The van der Waals surface area contributed by atoms with Crippen molar-refractivity contribution < 1.29 is 9.47 Å². The number of hydrogen-bond donors (Lipinski definition) is 0. The number of hydrogen-bond acceptors (Lipinski definition) is 2. The summed E-state index contributed by atoms with van der Waals surface area (Å²) in [7, 11) is 0. The van der Waals surface area contributed by atoms with Crippen LogP contribution in [0.3, 0.4) is 0 Å². The van der Waals surface area contributed by atoms with Gasteiger partial charge in [0.25, 0.3) is 0 Å². The zero-order chi connectivity index (χ0) is 10.4. The molecule has 1 spiro atoms. The van der Waals surface area contributed by atoms with E-state index in [2.05, 4.69) is 27.7 Å². The largest absolute Gasteiger partial charge is 0.344 e. The summed E-state index contributed by atoms with van der Waals surface area (Å²) < 4.78 is 12.2. The molecule has 1 heterocycles. The molecule has 2 nitrogen and oxygen atoms in total. The van der Waals surface area contributed by atoms with E-state index in [4.69, 9.17) is 9.47 Å². The van der Waals surface area contributed by atoms with Gasteiger partial charge in [-0.3, -0.25) is 0 Å². The molecule has 14 heavy (non-hydrogen) atoms. The molecule has 2 aliphatic rings. The maximum atomic E-state index is 6.12. The lowest BCUT2D eigenvalue weighted by atomic mass is 10.0. The summed E-state index contributed by atoms with van der Waals surface area (Å²) in [5.74, 6) is 0.569. The van der Waals surface area contributed by atoms with Crippen LogP contribution >= 0.6 is 0 Å². The zero-order valence-electron chi connectivity index (χ0n) is 9.80. The molecular formula is C12H22O2. The smallest absolute Gasteiger partial charge is 0.169 e. The van der Waals surface area contributed by atoms with E-state index in [1.165, 1.54) is 12.8 Å². The highest BCUT2D eigenvalue weighted by molar-refractivity contribution is 4.94. The van der Waals surface area contributed by atoms with Crippen LogP contribution in [0.15, 0.2) is 0 Å². The molecule has 2 rings (SSSR count). The Hall–Kier alpha value is -0.0800. The van der Waals surface area contributed by atoms with E-state index >= 15 is 0 Å². The van der Waals surface area contributed by atoms with Crippen molar-refractivity contribution in [3.05, 3.63) is 0 Å². The summed E-state index contributed by atoms with van der Waals surface area (Å²) in [5, 5.41) is 0. The van der Waals surface area contributed by atoms with Crippen molar-refractivity contribution in [2.45, 2.75) is 70.9 Å². The normalized spacial score (nSPS) is 46.3. The summed E-state index contributed by atoms with van der Waals surface area (Å²) in [4.78, 5) is 0. The van der Waals surface area contributed by atoms with E-state index in [1.54, 1.807) is 0 Å². The summed E-state index contributed by atoms with van der Waals surface area (Å²) in [6.07, 6.45) is 4.91. The summed E-state index contributed by atoms with van der Waals surface area (Å²) in [6, 6.07) is 0. The molecule has 82 valence electrons. The number of ether oxygens (including phenoxy) is 2. The Kier molecular flexibility index (Phi) is 2.39. The lowest BCUT2D eigenvalue weighted by molar-refractivity contribution is -0.181. The SMILES string of the molecule is CCC1CCC2(C1)O[C@H](C)C(C)(C)O2. The van der Waals surface area contributed by atoms with Gasteiger partial charge in [-0.1, -0.05) is 13.3 Å². The first-order chi connectivity index (χ1) is 6.47. The third-order valence-corrected chi connectivity index (χ3v) is 3.93. The van der Waals surface area contributed by atoms with Gasteiger partial charge in [0, 0.05) is 12.8 Å². The van der Waals surface area contributed by atoms with E-state index < -0.39 is 0 Å². The standard InChI is InChI=1S/C12H22O2/c1-5-10-6-7-12(8-10)13-9(2)11(3,4)14-12/h9-10H,5-8H2,1-4H3/t9-,10?,12?/m1/s1. The maximum Gasteiger partial charge on any atom is 0.169 e. The van der Waals surface area contributed by atoms with Crippen molar-refractivity contribution in [3.63, 3.8) is 0 Å². The van der Waals surface area contributed by atoms with Crippen LogP contribution < -0.4 is 0 Å². The molecule has 2 fully saturated rings. The highest BCUT2D eigenvalue weighted by Crippen LogP contribution is 2.48. The van der Waals surface area contributed by atoms with Gasteiger partial charge in [-0.15, -0.1) is 0 Å². The molecule has 2 heteroatoms. The van der Waals surface area contributed by atoms with Crippen LogP contribution in [-0.2, 0) is 9.47 Å². The molecule has 0 amide bonds. The molecule has 1 saturated heterocycles. The van der Waals surface area contributed by atoms with Crippen LogP contribution in [0, 0.1) is 5.92 Å². The minimum absolute atomic E-state index is 0.109. The maximum absolute atomic E-state index is 6.12. The fourth-order valence-electron chi connectivity index (χ4n) is 2.67. The predicted octanol–water partition coefficient (Wildman–Crippen LogP) is 3.11. The van der Waals surface area contributed by atoms with Crippen molar-refractivity contribution in [1.82, 2.24) is 0 Å². The number of rotatable bonds is 1. The Balaban J connectivity index is 2.07. The van der Waals surface area contributed by atoms with Crippen molar-refractivity contribution >= 4 is 0 Å². The van der Waals surface area contributed by atoms with Gasteiger partial charge in [-0.05, 0) is 33.1 Å². The molecule has 0 aromatic heterocycles. The van der Waals surface area contributed by atoms with Gasteiger partial charge >= 0.3 is 0 Å². The average molecular weight is 198 g/mol. The zero-order valence-corrected chi connectivity index (χ0v) is 9.80. The Morgan fingerprint density at radius 2 is 2.07 bits per heavy atom. The Bertz CT molecular complexity index is 224. The first kappa shape index (κ1) is 10.4. The van der Waals surface area contributed by atoms with Gasteiger partial charge < -0.3 is 9.47 Å². The predicted molar refractivity (Wildman–Crippen MR) is 56.1 cm³/mol. The Labute approximate surface area is 87.0 Å². The average Bonchev–Trinajstić information content (AvgIpc) is 2.56. The first-order valence-electron chi connectivity index (χ1n) is 5.85. The molecule has 0 radical (unpaired) electrons. The van der Waals surface area contributed by atoms with Crippen molar-refractivity contribution in [3.8, 4) is 0 Å². The highest BCUT2D eigenvalue weighted by atomic mass is 16.8. The summed E-state index contributed by atoms with van der Waals surface area (Å²) in [5.41, 5.74) is -0.109. The topological polar surface area (TPSA) is 18.5 Å². The minimum atomic E-state index is -0.233. The molecule has 1 aliphatic heterocycles. The monoisotopic (exact) mass is 198 g/mol. The molecule has 3 atom stereocenters. The second kappa shape index (κ2) is 3.21. The first-order valence-corrected chi connectivity index (χ1v) is 5.85. The van der Waals surface area contributed by atoms with Crippen molar-refractivity contribution in [1.29, 1.82) is 0 Å². The third kappa shape index (κ3) is 1.59. The molecule has 0 aromatic rings. The van der Waals surface area contributed by atoms with E-state index in [9.17, 15) is 0 Å². The van der Waals surface area contributed by atoms with Crippen LogP contribution in [0.4, 0.5) is 0 Å². The molecule has 0 bridgehead atoms. The van der Waals surface area contributed by atoms with Gasteiger partial charge in [-0.25, -0.2) is 0 Å². The quantitative estimate of drug-likeness (QED) is 0.644. The van der Waals surface area contributed by atoms with E-state index in [1.807, 2.05) is 0 Å². The van der Waals surface area contributed by atoms with Crippen molar-refractivity contribution in [2.75, 3.05) is 0 Å². The molecule has 1 saturated carbocycles. The summed E-state index contributed by atoms with van der Waals surface area (Å²) >= 11 is 0. The van der Waals surface area contributed by atoms with Crippen LogP contribution in [0.2, 0.25) is 0 Å². The minimum Gasteiger partial charge on any atom is -0.344 e. The van der Waals surface area contributed by atoms with E-state index in [-0.39, 0.29) is 17.5 Å². The van der Waals surface area contributed by atoms with Crippen LogP contribution in [0.5, 0.6) is 0 Å². The molecule has 0 aromatic carbocycles. The van der Waals surface area contributed by atoms with Gasteiger partial charge in [-0.2, -0.15) is 0 Å². The lowest BCUT2D eigenvalue weighted by Gasteiger charge is -2.25. The Morgan fingerprint density at radius 3 is 2.50 bits per heavy atom.